The van der Waals surface area contributed by atoms with Crippen molar-refractivity contribution in [2.24, 2.45) is 11.8 Å². The first-order chi connectivity index (χ1) is 12.0. The molecule has 0 aromatic rings. The number of unbranched alkanes of at least 4 members (excludes halogenated alkanes) is 5. The fraction of sp³-hybridized carbons (Fsp3) is 0.800. The van der Waals surface area contributed by atoms with Crippen LogP contribution in [0, 0.1) is 11.8 Å². The van der Waals surface area contributed by atoms with E-state index in [0.29, 0.717) is 6.42 Å². The van der Waals surface area contributed by atoms with Gasteiger partial charge in [-0.1, -0.05) is 57.6 Å². The van der Waals surface area contributed by atoms with Crippen molar-refractivity contribution >= 4 is 11.8 Å². The van der Waals surface area contributed by atoms with Gasteiger partial charge in [0, 0.05) is 24.7 Å². The molecule has 0 heterocycles. The predicted molar refractivity (Wildman–Crippen MR) is 97.2 cm³/mol. The zero-order valence-electron chi connectivity index (χ0n) is 15.4. The second kappa shape index (κ2) is 12.2. The molecule has 1 aliphatic carbocycles. The molecule has 0 aromatic carbocycles. The lowest BCUT2D eigenvalue weighted by Gasteiger charge is -2.18. The summed E-state index contributed by atoms with van der Waals surface area (Å²) < 4.78 is 0. The van der Waals surface area contributed by atoms with E-state index in [1.807, 2.05) is 6.08 Å². The van der Waals surface area contributed by atoms with Crippen molar-refractivity contribution in [3.63, 3.8) is 0 Å². The van der Waals surface area contributed by atoms with Crippen molar-refractivity contribution < 1.29 is 24.9 Å². The number of Topliss-reactive ketones (excluding diaryl/α,β-unsaturated/α-hetero) is 1. The zero-order chi connectivity index (χ0) is 18.7. The van der Waals surface area contributed by atoms with Gasteiger partial charge in [0.1, 0.15) is 5.78 Å². The van der Waals surface area contributed by atoms with E-state index < -0.39 is 18.2 Å². The highest BCUT2D eigenvalue weighted by Crippen LogP contribution is 2.34. The Bertz CT molecular complexity index is 432. The third kappa shape index (κ3) is 8.63. The predicted octanol–water partition coefficient (Wildman–Crippen LogP) is 3.48. The molecular formula is C20H34O5. The Morgan fingerprint density at radius 3 is 2.60 bits per heavy atom. The highest BCUT2D eigenvalue weighted by molar-refractivity contribution is 5.84. The highest BCUT2D eigenvalue weighted by Gasteiger charge is 2.39. The van der Waals surface area contributed by atoms with Crippen molar-refractivity contribution in [1.82, 2.24) is 0 Å². The van der Waals surface area contributed by atoms with Crippen LogP contribution in [-0.2, 0) is 9.59 Å². The number of hydrogen-bond acceptors (Lipinski definition) is 4. The van der Waals surface area contributed by atoms with Gasteiger partial charge in [-0.25, -0.2) is 0 Å². The van der Waals surface area contributed by atoms with Crippen molar-refractivity contribution in [3.05, 3.63) is 12.2 Å². The van der Waals surface area contributed by atoms with Crippen molar-refractivity contribution in [2.45, 2.75) is 89.8 Å². The van der Waals surface area contributed by atoms with E-state index in [1.54, 1.807) is 6.08 Å². The lowest BCUT2D eigenvalue weighted by atomic mass is 9.88. The molecule has 1 aliphatic rings. The number of carboxylic acid groups (broad SMARTS) is 1. The Morgan fingerprint density at radius 2 is 1.92 bits per heavy atom. The Kier molecular flexibility index (Phi) is 10.7. The third-order valence-electron chi connectivity index (χ3n) is 5.05. The van der Waals surface area contributed by atoms with Crippen LogP contribution in [0.5, 0.6) is 0 Å². The quantitative estimate of drug-likeness (QED) is 0.348. The first-order valence-corrected chi connectivity index (χ1v) is 9.74. The van der Waals surface area contributed by atoms with E-state index in [0.717, 1.165) is 51.4 Å². The lowest BCUT2D eigenvalue weighted by molar-refractivity contribution is -0.137. The van der Waals surface area contributed by atoms with E-state index in [1.165, 1.54) is 0 Å². The zero-order valence-corrected chi connectivity index (χ0v) is 15.4. The van der Waals surface area contributed by atoms with Crippen LogP contribution >= 0.6 is 0 Å². The molecule has 5 heteroatoms. The summed E-state index contributed by atoms with van der Waals surface area (Å²) in [6.45, 7) is 2.12. The maximum atomic E-state index is 12.1. The Labute approximate surface area is 151 Å². The van der Waals surface area contributed by atoms with Crippen molar-refractivity contribution in [3.8, 4) is 0 Å². The highest BCUT2D eigenvalue weighted by atomic mass is 16.4. The maximum absolute atomic E-state index is 12.1. The molecule has 0 saturated heterocycles. The number of aliphatic carboxylic acids is 1. The number of hydrogen-bond donors (Lipinski definition) is 3. The summed E-state index contributed by atoms with van der Waals surface area (Å²) in [5, 5.41) is 28.7. The van der Waals surface area contributed by atoms with Gasteiger partial charge < -0.3 is 15.3 Å². The molecule has 1 rings (SSSR count). The number of carbonyl (C=O) groups is 2. The van der Waals surface area contributed by atoms with E-state index in [4.69, 9.17) is 5.11 Å². The summed E-state index contributed by atoms with van der Waals surface area (Å²) in [4.78, 5) is 22.6. The van der Waals surface area contributed by atoms with Gasteiger partial charge in [0.2, 0.25) is 0 Å². The van der Waals surface area contributed by atoms with Crippen LogP contribution in [0.25, 0.3) is 0 Å². The first-order valence-electron chi connectivity index (χ1n) is 9.74. The third-order valence-corrected chi connectivity index (χ3v) is 5.05. The van der Waals surface area contributed by atoms with E-state index in [-0.39, 0.29) is 30.5 Å². The number of ketones is 1. The normalized spacial score (nSPS) is 24.9. The average molecular weight is 354 g/mol. The van der Waals surface area contributed by atoms with Crippen LogP contribution in [-0.4, -0.2) is 39.3 Å². The average Bonchev–Trinajstić information content (AvgIpc) is 2.82. The van der Waals surface area contributed by atoms with Crippen LogP contribution in [0.15, 0.2) is 12.2 Å². The molecule has 0 aromatic heterocycles. The topological polar surface area (TPSA) is 94.8 Å². The van der Waals surface area contributed by atoms with Crippen LogP contribution < -0.4 is 0 Å². The van der Waals surface area contributed by atoms with Crippen LogP contribution in [0.2, 0.25) is 0 Å². The van der Waals surface area contributed by atoms with Crippen molar-refractivity contribution in [1.29, 1.82) is 0 Å². The Hall–Kier alpha value is -1.20. The number of carboxylic acids is 1. The molecule has 0 amide bonds. The SMILES string of the molecule is CCCCC[C@H](O)/C=C\[C@@H]1[C@@H](O)CC(=O)[C@@H]1CCCCCCC(=O)O. The molecule has 0 spiro atoms. The molecular weight excluding hydrogens is 320 g/mol. The van der Waals surface area contributed by atoms with E-state index >= 15 is 0 Å². The van der Waals surface area contributed by atoms with Crippen LogP contribution in [0.1, 0.15) is 77.6 Å². The standard InChI is InChI=1S/C20H34O5/c1-2-3-6-9-15(21)12-13-17-16(18(22)14-19(17)23)10-7-4-5-8-11-20(24)25/h12-13,15-17,19,21,23H,2-11,14H2,1H3,(H,24,25)/b13-12-/t15-,16+,17-,19-/m0/s1. The molecule has 0 bridgehead atoms. The minimum atomic E-state index is -0.767. The van der Waals surface area contributed by atoms with Gasteiger partial charge in [0.05, 0.1) is 12.2 Å². The number of aliphatic hydroxyl groups is 2. The molecule has 0 aliphatic heterocycles. The van der Waals surface area contributed by atoms with E-state index in [2.05, 4.69) is 6.92 Å². The summed E-state index contributed by atoms with van der Waals surface area (Å²) >= 11 is 0. The number of rotatable bonds is 13. The summed E-state index contributed by atoms with van der Waals surface area (Å²) in [5.41, 5.74) is 0. The molecule has 144 valence electrons. The molecule has 5 nitrogen and oxygen atoms in total. The molecule has 25 heavy (non-hydrogen) atoms. The molecule has 0 radical (unpaired) electrons. The summed E-state index contributed by atoms with van der Waals surface area (Å²) in [5.74, 6) is -1.04. The smallest absolute Gasteiger partial charge is 0.303 e. The second-order valence-corrected chi connectivity index (χ2v) is 7.22. The molecule has 1 saturated carbocycles. The summed E-state index contributed by atoms with van der Waals surface area (Å²) in [6.07, 6.45) is 10.7. The van der Waals surface area contributed by atoms with Crippen molar-refractivity contribution in [2.75, 3.05) is 0 Å². The van der Waals surface area contributed by atoms with Crippen LogP contribution in [0.4, 0.5) is 0 Å². The van der Waals surface area contributed by atoms with Gasteiger partial charge in [0.25, 0.3) is 0 Å². The summed E-state index contributed by atoms with van der Waals surface area (Å²) in [6, 6.07) is 0. The van der Waals surface area contributed by atoms with E-state index in [9.17, 15) is 19.8 Å². The van der Waals surface area contributed by atoms with Crippen LogP contribution in [0.3, 0.4) is 0 Å². The molecule has 3 N–H and O–H groups in total. The van der Waals surface area contributed by atoms with Gasteiger partial charge in [-0.2, -0.15) is 0 Å². The Morgan fingerprint density at radius 1 is 1.20 bits per heavy atom. The number of carbonyl (C=O) groups excluding carboxylic acids is 1. The summed E-state index contributed by atoms with van der Waals surface area (Å²) in [7, 11) is 0. The minimum Gasteiger partial charge on any atom is -0.481 e. The lowest BCUT2D eigenvalue weighted by Crippen LogP contribution is -2.19. The largest absolute Gasteiger partial charge is 0.481 e. The van der Waals surface area contributed by atoms with Gasteiger partial charge in [-0.15, -0.1) is 0 Å². The molecule has 1 fully saturated rings. The van der Waals surface area contributed by atoms with Gasteiger partial charge in [-0.3, -0.25) is 9.59 Å². The monoisotopic (exact) mass is 354 g/mol. The maximum Gasteiger partial charge on any atom is 0.303 e. The second-order valence-electron chi connectivity index (χ2n) is 7.22. The molecule has 4 atom stereocenters. The van der Waals surface area contributed by atoms with Gasteiger partial charge in [-0.05, 0) is 19.3 Å². The Balaban J connectivity index is 2.39. The number of aliphatic hydroxyl groups excluding tert-OH is 2. The minimum absolute atomic E-state index is 0.105. The van der Waals surface area contributed by atoms with Gasteiger partial charge >= 0.3 is 5.97 Å². The molecule has 0 unspecified atom stereocenters. The fourth-order valence-electron chi connectivity index (χ4n) is 3.54. The fourth-order valence-corrected chi connectivity index (χ4v) is 3.54. The first kappa shape index (κ1) is 21.8. The van der Waals surface area contributed by atoms with Gasteiger partial charge in [0.15, 0.2) is 0 Å².